The van der Waals surface area contributed by atoms with Crippen LogP contribution in [0.3, 0.4) is 0 Å². The molecule has 3 rings (SSSR count). The Morgan fingerprint density at radius 3 is 2.44 bits per heavy atom. The molecule has 0 aliphatic carbocycles. The summed E-state index contributed by atoms with van der Waals surface area (Å²) in [7, 11) is 0. The Labute approximate surface area is 177 Å². The molecule has 0 radical (unpaired) electrons. The number of rotatable bonds is 8. The number of anilines is 1. The quantitative estimate of drug-likeness (QED) is 0.356. The first-order valence-corrected chi connectivity index (χ1v) is 9.44. The molecule has 3 N–H and O–H groups in total. The number of halogens is 2. The zero-order valence-electron chi connectivity index (χ0n) is 16.0. The first kappa shape index (κ1) is 23.6. The van der Waals surface area contributed by atoms with Gasteiger partial charge in [-0.25, -0.2) is 9.97 Å². The molecule has 0 aliphatic heterocycles. The highest BCUT2D eigenvalue weighted by Crippen LogP contribution is 2.25. The Balaban J connectivity index is 0.00000182. The Morgan fingerprint density at radius 2 is 1.78 bits per heavy atom. The van der Waals surface area contributed by atoms with Gasteiger partial charge in [0.05, 0.1) is 16.6 Å². The van der Waals surface area contributed by atoms with Crippen molar-refractivity contribution in [3.63, 3.8) is 0 Å². The molecule has 27 heavy (non-hydrogen) atoms. The molecule has 0 fully saturated rings. The van der Waals surface area contributed by atoms with Crippen LogP contribution in [0.4, 0.5) is 5.82 Å². The minimum Gasteiger partial charge on any atom is -0.369 e. The maximum Gasteiger partial charge on any atom is 0.197 e. The van der Waals surface area contributed by atoms with Gasteiger partial charge in [0, 0.05) is 18.4 Å². The summed E-state index contributed by atoms with van der Waals surface area (Å²) < 4.78 is 0.516. The second-order valence-corrected chi connectivity index (χ2v) is 6.54. The lowest BCUT2D eigenvalue weighted by Gasteiger charge is -2.18. The largest absolute Gasteiger partial charge is 0.369 e. The highest BCUT2D eigenvalue weighted by Gasteiger charge is 2.09. The number of hydrogen-bond donors (Lipinski definition) is 3. The molecule has 6 nitrogen and oxygen atoms in total. The van der Waals surface area contributed by atoms with Crippen molar-refractivity contribution in [2.24, 2.45) is 0 Å². The van der Waals surface area contributed by atoms with Crippen LogP contribution < -0.4 is 5.32 Å². The van der Waals surface area contributed by atoms with Crippen LogP contribution in [0.1, 0.15) is 33.0 Å². The molecule has 2 heterocycles. The summed E-state index contributed by atoms with van der Waals surface area (Å²) in [6.07, 6.45) is 1.95. The van der Waals surface area contributed by atoms with Gasteiger partial charge in [-0.05, 0) is 50.4 Å². The van der Waals surface area contributed by atoms with E-state index in [0.717, 1.165) is 72.6 Å². The van der Waals surface area contributed by atoms with Crippen LogP contribution in [0.2, 0.25) is 0 Å². The van der Waals surface area contributed by atoms with Gasteiger partial charge >= 0.3 is 0 Å². The molecule has 2 aromatic heterocycles. The highest BCUT2D eigenvalue weighted by molar-refractivity contribution is 7.71. The number of imidazole rings is 1. The number of aromatic nitrogens is 4. The fraction of sp³-hybridized carbons (Fsp3) is 0.500. The van der Waals surface area contributed by atoms with Crippen molar-refractivity contribution in [2.75, 3.05) is 31.5 Å². The van der Waals surface area contributed by atoms with E-state index >= 15 is 0 Å². The van der Waals surface area contributed by atoms with Crippen molar-refractivity contribution in [2.45, 2.75) is 33.6 Å². The van der Waals surface area contributed by atoms with E-state index in [2.05, 4.69) is 52.0 Å². The monoisotopic (exact) mass is 430 g/mol. The molecular weight excluding hydrogens is 403 g/mol. The minimum atomic E-state index is 0. The second-order valence-electron chi connectivity index (χ2n) is 6.15. The van der Waals surface area contributed by atoms with Crippen molar-refractivity contribution in [1.29, 1.82) is 0 Å². The maximum atomic E-state index is 5.15. The first-order valence-electron chi connectivity index (χ1n) is 9.03. The summed E-state index contributed by atoms with van der Waals surface area (Å²) in [5.41, 5.74) is 2.87. The molecule has 0 spiro atoms. The van der Waals surface area contributed by atoms with Gasteiger partial charge in [-0.1, -0.05) is 20.8 Å². The summed E-state index contributed by atoms with van der Waals surface area (Å²) in [5.74, 6) is 1.89. The van der Waals surface area contributed by atoms with Crippen LogP contribution in [-0.2, 0) is 6.42 Å². The van der Waals surface area contributed by atoms with Gasteiger partial charge in [0.2, 0.25) is 0 Å². The van der Waals surface area contributed by atoms with Gasteiger partial charge in [0.25, 0.3) is 0 Å². The zero-order valence-corrected chi connectivity index (χ0v) is 18.4. The smallest absolute Gasteiger partial charge is 0.197 e. The van der Waals surface area contributed by atoms with Gasteiger partial charge in [-0.3, -0.25) is 0 Å². The molecule has 3 aromatic rings. The van der Waals surface area contributed by atoms with E-state index in [1.807, 2.05) is 6.07 Å². The fourth-order valence-electron chi connectivity index (χ4n) is 3.06. The maximum absolute atomic E-state index is 5.15. The summed E-state index contributed by atoms with van der Waals surface area (Å²) in [6, 6.07) is 4.11. The lowest BCUT2D eigenvalue weighted by Crippen LogP contribution is -2.25. The summed E-state index contributed by atoms with van der Waals surface area (Å²) in [6.45, 7) is 10.7. The number of hydrogen-bond acceptors (Lipinski definition) is 5. The van der Waals surface area contributed by atoms with E-state index in [9.17, 15) is 0 Å². The summed E-state index contributed by atoms with van der Waals surface area (Å²) in [4.78, 5) is 18.1. The van der Waals surface area contributed by atoms with Gasteiger partial charge in [0.1, 0.15) is 11.6 Å². The topological polar surface area (TPSA) is 72.6 Å². The predicted molar refractivity (Wildman–Crippen MR) is 121 cm³/mol. The van der Waals surface area contributed by atoms with E-state index in [1.54, 1.807) is 0 Å². The average Bonchev–Trinajstić information content (AvgIpc) is 2.98. The van der Waals surface area contributed by atoms with Crippen molar-refractivity contribution in [3.05, 3.63) is 22.7 Å². The van der Waals surface area contributed by atoms with Crippen LogP contribution in [0.5, 0.6) is 0 Å². The molecular formula is C18H28Cl2N6S. The Hall–Kier alpha value is -1.41. The van der Waals surface area contributed by atoms with Gasteiger partial charge in [-0.15, -0.1) is 24.8 Å². The normalized spacial score (nSPS) is 10.8. The van der Waals surface area contributed by atoms with Crippen molar-refractivity contribution >= 4 is 64.8 Å². The van der Waals surface area contributed by atoms with Crippen LogP contribution >= 0.6 is 37.0 Å². The van der Waals surface area contributed by atoms with Crippen molar-refractivity contribution < 1.29 is 0 Å². The second kappa shape index (κ2) is 10.8. The number of benzene rings is 1. The lowest BCUT2D eigenvalue weighted by molar-refractivity contribution is 0.303. The first-order chi connectivity index (χ1) is 12.1. The molecule has 9 heteroatoms. The Morgan fingerprint density at radius 1 is 1.04 bits per heavy atom. The van der Waals surface area contributed by atoms with E-state index in [4.69, 9.17) is 17.2 Å². The fourth-order valence-corrected chi connectivity index (χ4v) is 3.27. The Kier molecular flexibility index (Phi) is 9.45. The van der Waals surface area contributed by atoms with Gasteiger partial charge in [-0.2, -0.15) is 0 Å². The lowest BCUT2D eigenvalue weighted by atomic mass is 10.2. The zero-order chi connectivity index (χ0) is 17.8. The molecule has 0 atom stereocenters. The minimum absolute atomic E-state index is 0. The van der Waals surface area contributed by atoms with E-state index in [1.165, 1.54) is 0 Å². The molecule has 150 valence electrons. The van der Waals surface area contributed by atoms with Gasteiger partial charge in [0.15, 0.2) is 4.77 Å². The molecule has 0 amide bonds. The number of aryl methyl sites for hydroxylation is 1. The van der Waals surface area contributed by atoms with E-state index < -0.39 is 0 Å². The van der Waals surface area contributed by atoms with Crippen molar-refractivity contribution in [1.82, 2.24) is 24.8 Å². The van der Waals surface area contributed by atoms with Crippen LogP contribution in [-0.4, -0.2) is 51.0 Å². The Bertz CT molecular complexity index is 919. The number of nitrogens with zero attached hydrogens (tertiary/aromatic N) is 3. The summed E-state index contributed by atoms with van der Waals surface area (Å²) >= 11 is 5.15. The molecule has 0 bridgehead atoms. The summed E-state index contributed by atoms with van der Waals surface area (Å²) in [5, 5.41) is 4.58. The highest BCUT2D eigenvalue weighted by atomic mass is 35.5. The predicted octanol–water partition coefficient (Wildman–Crippen LogP) is 4.72. The number of nitrogens with one attached hydrogen (secondary N) is 3. The number of H-pyrrole nitrogens is 2. The van der Waals surface area contributed by atoms with Crippen molar-refractivity contribution in [3.8, 4) is 0 Å². The third kappa shape index (κ3) is 5.54. The van der Waals surface area contributed by atoms with E-state index in [0.29, 0.717) is 4.77 Å². The van der Waals surface area contributed by atoms with Crippen LogP contribution in [0.25, 0.3) is 21.9 Å². The third-order valence-corrected chi connectivity index (χ3v) is 4.75. The molecule has 1 aromatic carbocycles. The third-order valence-electron chi connectivity index (χ3n) is 4.55. The molecule has 0 aliphatic rings. The SMILES string of the molecule is CCc1nc(NCCCN(CC)CC)c2cc3[nH]c(=S)nc3cc2[nH]1.Cl.Cl. The standard InChI is InChI=1S/C18H26N6S.2ClH/c1-4-16-20-13-11-15-14(21-18(25)22-15)10-12(13)17(23-16)19-8-7-9-24(5-2)6-3;;/h10-11,19H,4-9H2,1-3H3,(H,20,23)(H,21,25);2*1H. The van der Waals surface area contributed by atoms with Gasteiger partial charge < -0.3 is 20.2 Å². The molecule has 0 unspecified atom stereocenters. The molecule has 0 saturated carbocycles. The van der Waals surface area contributed by atoms with Crippen LogP contribution in [0.15, 0.2) is 12.1 Å². The van der Waals surface area contributed by atoms with Crippen LogP contribution in [0, 0.1) is 4.77 Å². The average molecular weight is 431 g/mol. The molecule has 0 saturated heterocycles. The number of aromatic amines is 2. The van der Waals surface area contributed by atoms with E-state index in [-0.39, 0.29) is 24.8 Å². The number of fused-ring (bicyclic) bond motifs is 2.